The fourth-order valence-electron chi connectivity index (χ4n) is 3.35. The zero-order chi connectivity index (χ0) is 25.3. The van der Waals surface area contributed by atoms with E-state index in [9.17, 15) is 9.59 Å². The second kappa shape index (κ2) is 11.6. The zero-order valence-electron chi connectivity index (χ0n) is 20.0. The van der Waals surface area contributed by atoms with Crippen LogP contribution in [0.3, 0.4) is 0 Å². The highest BCUT2D eigenvalue weighted by Crippen LogP contribution is 2.23. The molecule has 4 rings (SSSR count). The lowest BCUT2D eigenvalue weighted by Gasteiger charge is -2.10. The van der Waals surface area contributed by atoms with E-state index in [1.54, 1.807) is 36.4 Å². The summed E-state index contributed by atoms with van der Waals surface area (Å²) >= 11 is 0. The molecular weight excluding hydrogens is 454 g/mol. The summed E-state index contributed by atoms with van der Waals surface area (Å²) in [4.78, 5) is 28.8. The van der Waals surface area contributed by atoms with E-state index in [0.29, 0.717) is 23.7 Å². The quantitative estimate of drug-likeness (QED) is 0.246. The fraction of sp³-hybridized carbons (Fsp3) is 0.107. The van der Waals surface area contributed by atoms with Gasteiger partial charge >= 0.3 is 6.03 Å². The van der Waals surface area contributed by atoms with Gasteiger partial charge in [0.25, 0.3) is 5.91 Å². The molecule has 0 bridgehead atoms. The Morgan fingerprint density at radius 1 is 0.778 bits per heavy atom. The smallest absolute Gasteiger partial charge is 0.323 e. The molecule has 1 heterocycles. The highest BCUT2D eigenvalue weighted by Gasteiger charge is 2.09. The van der Waals surface area contributed by atoms with Gasteiger partial charge in [-0.05, 0) is 67.4 Å². The third-order valence-electron chi connectivity index (χ3n) is 5.20. The van der Waals surface area contributed by atoms with Crippen LogP contribution in [0.2, 0.25) is 0 Å². The van der Waals surface area contributed by atoms with Gasteiger partial charge in [-0.2, -0.15) is 0 Å². The summed E-state index contributed by atoms with van der Waals surface area (Å²) in [6.45, 7) is 4.48. The van der Waals surface area contributed by atoms with Crippen molar-refractivity contribution in [1.29, 1.82) is 0 Å². The molecule has 4 aromatic rings. The van der Waals surface area contributed by atoms with Crippen molar-refractivity contribution >= 4 is 23.3 Å². The van der Waals surface area contributed by atoms with Gasteiger partial charge in [0.05, 0.1) is 0 Å². The number of nitrogens with one attached hydrogen (secondary N) is 4. The van der Waals surface area contributed by atoms with Gasteiger partial charge in [-0.25, -0.2) is 10.2 Å². The van der Waals surface area contributed by atoms with Crippen LogP contribution in [-0.4, -0.2) is 16.9 Å². The number of carbonyl (C=O) groups is 2. The minimum atomic E-state index is -0.369. The molecule has 0 fully saturated rings. The van der Waals surface area contributed by atoms with Gasteiger partial charge in [0.1, 0.15) is 17.2 Å². The van der Waals surface area contributed by atoms with E-state index in [2.05, 4.69) is 26.5 Å². The number of hydrogen-bond acceptors (Lipinski definition) is 5. The molecule has 3 amide bonds. The molecule has 0 aliphatic heterocycles. The lowest BCUT2D eigenvalue weighted by atomic mass is 10.1. The first-order valence-electron chi connectivity index (χ1n) is 11.4. The maximum atomic E-state index is 12.5. The van der Waals surface area contributed by atoms with Gasteiger partial charge in [-0.3, -0.25) is 15.2 Å². The lowest BCUT2D eigenvalue weighted by Crippen LogP contribution is -2.37. The highest BCUT2D eigenvalue weighted by atomic mass is 16.5. The number of urea groups is 1. The molecule has 0 aliphatic rings. The summed E-state index contributed by atoms with van der Waals surface area (Å²) in [5.74, 6) is 0.646. The van der Waals surface area contributed by atoms with Crippen molar-refractivity contribution in [3.05, 3.63) is 114 Å². The standard InChI is InChI=1S/C28H27N5O3/c1-19-6-8-21(9-7-19)18-30-33-27(34)26-17-25(14-15-29-26)36-24-12-10-22(11-13-24)31-28(35)32-23-5-3-4-20(2)16-23/h3-17,30H,18H2,1-2H3,(H,33,34)(H2,31,32,35). The Labute approximate surface area is 209 Å². The third-order valence-corrected chi connectivity index (χ3v) is 5.20. The topological polar surface area (TPSA) is 104 Å². The molecule has 3 aromatic carbocycles. The predicted molar refractivity (Wildman–Crippen MR) is 140 cm³/mol. The third kappa shape index (κ3) is 7.15. The average Bonchev–Trinajstić information content (AvgIpc) is 2.86. The predicted octanol–water partition coefficient (Wildman–Crippen LogP) is 5.57. The van der Waals surface area contributed by atoms with Crippen LogP contribution in [0.4, 0.5) is 16.2 Å². The van der Waals surface area contributed by atoms with Crippen LogP contribution < -0.4 is 26.2 Å². The Kier molecular flexibility index (Phi) is 7.90. The van der Waals surface area contributed by atoms with Crippen molar-refractivity contribution in [3.8, 4) is 11.5 Å². The molecule has 0 atom stereocenters. The average molecular weight is 482 g/mol. The van der Waals surface area contributed by atoms with E-state index < -0.39 is 0 Å². The monoisotopic (exact) mass is 481 g/mol. The van der Waals surface area contributed by atoms with E-state index in [0.717, 1.165) is 16.8 Å². The number of ether oxygens (including phenoxy) is 1. The molecule has 8 heteroatoms. The Bertz CT molecular complexity index is 1340. The second-order valence-electron chi connectivity index (χ2n) is 8.25. The van der Waals surface area contributed by atoms with Crippen LogP contribution in [-0.2, 0) is 6.54 Å². The number of aryl methyl sites for hydroxylation is 2. The number of carbonyl (C=O) groups excluding carboxylic acids is 2. The van der Waals surface area contributed by atoms with Crippen molar-refractivity contribution < 1.29 is 14.3 Å². The van der Waals surface area contributed by atoms with Crippen LogP contribution in [0, 0.1) is 13.8 Å². The van der Waals surface area contributed by atoms with Crippen molar-refractivity contribution in [2.24, 2.45) is 0 Å². The van der Waals surface area contributed by atoms with E-state index in [1.807, 2.05) is 62.4 Å². The fourth-order valence-corrected chi connectivity index (χ4v) is 3.35. The van der Waals surface area contributed by atoms with Crippen LogP contribution in [0.5, 0.6) is 11.5 Å². The maximum Gasteiger partial charge on any atom is 0.323 e. The number of pyridine rings is 1. The first-order valence-corrected chi connectivity index (χ1v) is 11.4. The molecule has 0 saturated carbocycles. The van der Waals surface area contributed by atoms with Gasteiger partial charge in [0, 0.05) is 30.2 Å². The number of rotatable bonds is 8. The second-order valence-corrected chi connectivity index (χ2v) is 8.25. The summed E-state index contributed by atoms with van der Waals surface area (Å²) in [6, 6.07) is 25.4. The molecule has 182 valence electrons. The van der Waals surface area contributed by atoms with Crippen molar-refractivity contribution in [2.75, 3.05) is 10.6 Å². The number of anilines is 2. The molecule has 8 nitrogen and oxygen atoms in total. The zero-order valence-corrected chi connectivity index (χ0v) is 20.0. The lowest BCUT2D eigenvalue weighted by molar-refractivity contribution is 0.0927. The van der Waals surface area contributed by atoms with Crippen molar-refractivity contribution in [3.63, 3.8) is 0 Å². The van der Waals surface area contributed by atoms with E-state index in [1.165, 1.54) is 11.8 Å². The summed E-state index contributed by atoms with van der Waals surface area (Å²) in [5.41, 5.74) is 10.4. The van der Waals surface area contributed by atoms with E-state index >= 15 is 0 Å². The van der Waals surface area contributed by atoms with Crippen LogP contribution in [0.25, 0.3) is 0 Å². The van der Waals surface area contributed by atoms with Gasteiger partial charge < -0.3 is 15.4 Å². The number of nitrogens with zero attached hydrogens (tertiary/aromatic N) is 1. The molecule has 36 heavy (non-hydrogen) atoms. The van der Waals surface area contributed by atoms with Gasteiger partial charge in [0.2, 0.25) is 0 Å². The van der Waals surface area contributed by atoms with Gasteiger partial charge in [0.15, 0.2) is 0 Å². The summed E-state index contributed by atoms with van der Waals surface area (Å²) < 4.78 is 5.85. The molecule has 0 unspecified atom stereocenters. The minimum Gasteiger partial charge on any atom is -0.457 e. The van der Waals surface area contributed by atoms with Crippen LogP contribution >= 0.6 is 0 Å². The molecular formula is C28H27N5O3. The Balaban J connectivity index is 1.28. The van der Waals surface area contributed by atoms with Crippen molar-refractivity contribution in [1.82, 2.24) is 15.8 Å². The molecule has 0 aliphatic carbocycles. The highest BCUT2D eigenvalue weighted by molar-refractivity contribution is 5.99. The SMILES string of the molecule is Cc1ccc(CNNC(=O)c2cc(Oc3ccc(NC(=O)Nc4cccc(C)c4)cc3)ccn2)cc1. The van der Waals surface area contributed by atoms with Crippen LogP contribution in [0.1, 0.15) is 27.2 Å². The molecule has 0 spiro atoms. The molecule has 0 saturated heterocycles. The maximum absolute atomic E-state index is 12.5. The largest absolute Gasteiger partial charge is 0.457 e. The minimum absolute atomic E-state index is 0.218. The number of hydrogen-bond donors (Lipinski definition) is 4. The summed E-state index contributed by atoms with van der Waals surface area (Å²) in [6.07, 6.45) is 1.51. The first kappa shape index (κ1) is 24.4. The summed E-state index contributed by atoms with van der Waals surface area (Å²) in [5, 5.41) is 5.58. The Morgan fingerprint density at radius 3 is 2.28 bits per heavy atom. The van der Waals surface area contributed by atoms with Gasteiger partial charge in [-0.15, -0.1) is 0 Å². The van der Waals surface area contributed by atoms with Gasteiger partial charge in [-0.1, -0.05) is 42.0 Å². The number of benzene rings is 3. The Hall–Kier alpha value is -4.69. The molecule has 4 N–H and O–H groups in total. The molecule has 0 radical (unpaired) electrons. The van der Waals surface area contributed by atoms with E-state index in [4.69, 9.17) is 4.74 Å². The van der Waals surface area contributed by atoms with Crippen molar-refractivity contribution in [2.45, 2.75) is 20.4 Å². The first-order chi connectivity index (χ1) is 17.4. The number of amides is 3. The number of hydrazine groups is 1. The summed E-state index contributed by atoms with van der Waals surface area (Å²) in [7, 11) is 0. The Morgan fingerprint density at radius 2 is 1.53 bits per heavy atom. The van der Waals surface area contributed by atoms with E-state index in [-0.39, 0.29) is 17.6 Å². The normalized spacial score (nSPS) is 10.4. The molecule has 1 aromatic heterocycles. The van der Waals surface area contributed by atoms with Crippen LogP contribution in [0.15, 0.2) is 91.1 Å². The number of aromatic nitrogens is 1.